The van der Waals surface area contributed by atoms with E-state index in [0.29, 0.717) is 6.61 Å². The molecule has 2 saturated heterocycles. The summed E-state index contributed by atoms with van der Waals surface area (Å²) in [5.41, 5.74) is 1.06. The van der Waals surface area contributed by atoms with E-state index in [0.717, 1.165) is 50.3 Å². The number of nitrogens with one attached hydrogen (secondary N) is 2. The number of hydrogen-bond acceptors (Lipinski definition) is 5. The lowest BCUT2D eigenvalue weighted by atomic mass is 10.0. The van der Waals surface area contributed by atoms with Crippen LogP contribution in [0.15, 0.2) is 23.6 Å². The van der Waals surface area contributed by atoms with Crippen molar-refractivity contribution in [3.8, 4) is 10.6 Å². The van der Waals surface area contributed by atoms with E-state index < -0.39 is 0 Å². The van der Waals surface area contributed by atoms with E-state index in [2.05, 4.69) is 37.9 Å². The molecule has 0 spiro atoms. The highest BCUT2D eigenvalue weighted by molar-refractivity contribution is 7.13. The lowest BCUT2D eigenvalue weighted by Gasteiger charge is -2.32. The Hall–Kier alpha value is -1.86. The summed E-state index contributed by atoms with van der Waals surface area (Å²) < 4.78 is 5.45. The van der Waals surface area contributed by atoms with E-state index >= 15 is 0 Å². The molecule has 0 aromatic carbocycles. The van der Waals surface area contributed by atoms with Crippen LogP contribution in [-0.4, -0.2) is 47.9 Å². The number of piperidine rings is 1. The Morgan fingerprint density at radius 3 is 2.96 bits per heavy atom. The summed E-state index contributed by atoms with van der Waals surface area (Å²) in [6, 6.07) is 6.49. The number of rotatable bonds is 4. The van der Waals surface area contributed by atoms with Crippen LogP contribution in [0, 0.1) is 0 Å². The van der Waals surface area contributed by atoms with Crippen molar-refractivity contribution < 1.29 is 9.53 Å². The molecule has 6 nitrogen and oxygen atoms in total. The Morgan fingerprint density at radius 1 is 1.38 bits per heavy atom. The second kappa shape index (κ2) is 6.94. The van der Waals surface area contributed by atoms with Gasteiger partial charge in [0.05, 0.1) is 10.6 Å². The summed E-state index contributed by atoms with van der Waals surface area (Å²) in [4.78, 5) is 15.6. The molecular weight excluding hydrogens is 324 g/mol. The molecule has 128 valence electrons. The third kappa shape index (κ3) is 3.32. The van der Waals surface area contributed by atoms with Gasteiger partial charge in [0.25, 0.3) is 0 Å². The summed E-state index contributed by atoms with van der Waals surface area (Å²) >= 11 is 1.71. The fourth-order valence-electron chi connectivity index (χ4n) is 3.36. The van der Waals surface area contributed by atoms with Gasteiger partial charge in [-0.3, -0.25) is 9.89 Å². The van der Waals surface area contributed by atoms with Crippen molar-refractivity contribution in [3.63, 3.8) is 0 Å². The lowest BCUT2D eigenvalue weighted by Crippen LogP contribution is -2.47. The maximum atomic E-state index is 12.1. The molecule has 2 aromatic heterocycles. The maximum Gasteiger partial charge on any atom is 0.249 e. The smallest absolute Gasteiger partial charge is 0.249 e. The number of H-pyrrole nitrogens is 1. The van der Waals surface area contributed by atoms with Gasteiger partial charge in [-0.05, 0) is 37.1 Å². The van der Waals surface area contributed by atoms with Gasteiger partial charge in [-0.2, -0.15) is 5.10 Å². The van der Waals surface area contributed by atoms with Crippen LogP contribution in [0.1, 0.15) is 25.7 Å². The predicted octanol–water partition coefficient (Wildman–Crippen LogP) is 2.40. The minimum atomic E-state index is -0.234. The topological polar surface area (TPSA) is 70.2 Å². The number of anilines is 1. The van der Waals surface area contributed by atoms with Crippen LogP contribution in [0.5, 0.6) is 0 Å². The first-order chi connectivity index (χ1) is 11.8. The molecule has 1 unspecified atom stereocenters. The zero-order chi connectivity index (χ0) is 16.4. The number of ether oxygens (including phenoxy) is 1. The zero-order valence-electron chi connectivity index (χ0n) is 13.5. The number of nitrogens with zero attached hydrogens (tertiary/aromatic N) is 2. The third-order valence-electron chi connectivity index (χ3n) is 4.74. The second-order valence-corrected chi connectivity index (χ2v) is 7.34. The summed E-state index contributed by atoms with van der Waals surface area (Å²) in [5, 5.41) is 12.8. The third-order valence-corrected chi connectivity index (χ3v) is 5.64. The Balaban J connectivity index is 1.30. The van der Waals surface area contributed by atoms with E-state index in [1.54, 1.807) is 11.3 Å². The number of carbonyl (C=O) groups excluding carboxylic acids is 1. The Kier molecular flexibility index (Phi) is 4.53. The summed E-state index contributed by atoms with van der Waals surface area (Å²) in [7, 11) is 0. The standard InChI is InChI=1S/C17H22N4O2S/c22-17(14-3-1-9-23-14)18-12-5-7-21(8-6-12)16-11-13(19-20-16)15-4-2-10-24-15/h2,4,10-12,14H,1,3,5-9H2,(H,18,22)(H,19,20). The van der Waals surface area contributed by atoms with Crippen LogP contribution in [0.3, 0.4) is 0 Å². The highest BCUT2D eigenvalue weighted by Gasteiger charge is 2.28. The highest BCUT2D eigenvalue weighted by Crippen LogP contribution is 2.27. The number of amides is 1. The molecule has 1 atom stereocenters. The van der Waals surface area contributed by atoms with E-state index in [4.69, 9.17) is 4.74 Å². The molecule has 2 fully saturated rings. The normalized spacial score (nSPS) is 22.0. The molecule has 4 heterocycles. The molecule has 7 heteroatoms. The van der Waals surface area contributed by atoms with Crippen LogP contribution in [0.2, 0.25) is 0 Å². The number of hydrogen-bond donors (Lipinski definition) is 2. The van der Waals surface area contributed by atoms with Gasteiger partial charge in [-0.15, -0.1) is 11.3 Å². The van der Waals surface area contributed by atoms with Gasteiger partial charge in [-0.1, -0.05) is 6.07 Å². The molecule has 0 bridgehead atoms. The van der Waals surface area contributed by atoms with Gasteiger partial charge < -0.3 is 15.0 Å². The van der Waals surface area contributed by atoms with Gasteiger partial charge in [0, 0.05) is 31.8 Å². The maximum absolute atomic E-state index is 12.1. The molecule has 2 aliphatic rings. The first kappa shape index (κ1) is 15.7. The molecule has 4 rings (SSSR count). The number of carbonyl (C=O) groups is 1. The fraction of sp³-hybridized carbons (Fsp3) is 0.529. The molecular formula is C17H22N4O2S. The zero-order valence-corrected chi connectivity index (χ0v) is 14.3. The van der Waals surface area contributed by atoms with Crippen molar-refractivity contribution in [3.05, 3.63) is 23.6 Å². The first-order valence-electron chi connectivity index (χ1n) is 8.56. The van der Waals surface area contributed by atoms with Gasteiger partial charge in [0.1, 0.15) is 6.10 Å². The van der Waals surface area contributed by atoms with Crippen molar-refractivity contribution in [1.29, 1.82) is 0 Å². The van der Waals surface area contributed by atoms with Crippen LogP contribution in [-0.2, 0) is 9.53 Å². The van der Waals surface area contributed by atoms with Crippen LogP contribution in [0.25, 0.3) is 10.6 Å². The fourth-order valence-corrected chi connectivity index (χ4v) is 4.06. The van der Waals surface area contributed by atoms with E-state index in [-0.39, 0.29) is 18.1 Å². The van der Waals surface area contributed by atoms with Crippen LogP contribution >= 0.6 is 11.3 Å². The lowest BCUT2D eigenvalue weighted by molar-refractivity contribution is -0.130. The predicted molar refractivity (Wildman–Crippen MR) is 94.3 cm³/mol. The SMILES string of the molecule is O=C(NC1CCN(c2cc(-c3cccs3)[nH]n2)CC1)C1CCCO1. The molecule has 1 amide bonds. The first-order valence-corrected chi connectivity index (χ1v) is 9.44. The van der Waals surface area contributed by atoms with Gasteiger partial charge in [0.15, 0.2) is 5.82 Å². The van der Waals surface area contributed by atoms with Gasteiger partial charge >= 0.3 is 0 Å². The molecule has 2 aromatic rings. The van der Waals surface area contributed by atoms with Crippen LogP contribution in [0.4, 0.5) is 5.82 Å². The van der Waals surface area contributed by atoms with Crippen molar-refractivity contribution in [2.45, 2.75) is 37.8 Å². The quantitative estimate of drug-likeness (QED) is 0.892. The molecule has 0 saturated carbocycles. The second-order valence-electron chi connectivity index (χ2n) is 6.39. The molecule has 24 heavy (non-hydrogen) atoms. The number of thiophene rings is 1. The van der Waals surface area contributed by atoms with Crippen molar-refractivity contribution in [2.75, 3.05) is 24.6 Å². The van der Waals surface area contributed by atoms with E-state index in [1.807, 2.05) is 6.07 Å². The van der Waals surface area contributed by atoms with Crippen molar-refractivity contribution >= 4 is 23.1 Å². The van der Waals surface area contributed by atoms with Gasteiger partial charge in [0.2, 0.25) is 5.91 Å². The molecule has 2 aliphatic heterocycles. The molecule has 0 aliphatic carbocycles. The Morgan fingerprint density at radius 2 is 2.25 bits per heavy atom. The van der Waals surface area contributed by atoms with Gasteiger partial charge in [-0.25, -0.2) is 0 Å². The average Bonchev–Trinajstić information content (AvgIpc) is 3.35. The van der Waals surface area contributed by atoms with Crippen LogP contribution < -0.4 is 10.2 Å². The highest BCUT2D eigenvalue weighted by atomic mass is 32.1. The summed E-state index contributed by atoms with van der Waals surface area (Å²) in [5.74, 6) is 1.05. The number of aromatic amines is 1. The summed E-state index contributed by atoms with van der Waals surface area (Å²) in [6.45, 7) is 2.53. The molecule has 0 radical (unpaired) electrons. The van der Waals surface area contributed by atoms with E-state index in [9.17, 15) is 4.79 Å². The van der Waals surface area contributed by atoms with Crippen molar-refractivity contribution in [1.82, 2.24) is 15.5 Å². The minimum Gasteiger partial charge on any atom is -0.368 e. The minimum absolute atomic E-state index is 0.0608. The Bertz CT molecular complexity index is 671. The van der Waals surface area contributed by atoms with Crippen molar-refractivity contribution in [2.24, 2.45) is 0 Å². The average molecular weight is 346 g/mol. The van der Waals surface area contributed by atoms with E-state index in [1.165, 1.54) is 4.88 Å². The Labute approximate surface area is 145 Å². The monoisotopic (exact) mass is 346 g/mol. The largest absolute Gasteiger partial charge is 0.368 e. The summed E-state index contributed by atoms with van der Waals surface area (Å²) in [6.07, 6.45) is 3.49. The number of aromatic nitrogens is 2. The molecule has 2 N–H and O–H groups in total.